The molecule has 1 aromatic rings. The normalized spacial score (nSPS) is 18.9. The number of rotatable bonds is 5. The number of hydrazine groups is 1. The Labute approximate surface area is 160 Å². The summed E-state index contributed by atoms with van der Waals surface area (Å²) in [6.07, 6.45) is 6.80. The number of benzene rings is 1. The fourth-order valence-electron chi connectivity index (χ4n) is 2.78. The van der Waals surface area contributed by atoms with Gasteiger partial charge in [-0.15, -0.1) is 0 Å². The second-order valence-corrected chi connectivity index (χ2v) is 6.95. The Bertz CT molecular complexity index is 683. The molecule has 0 bridgehead atoms. The molecule has 0 heterocycles. The minimum absolute atomic E-state index is 0.0516. The minimum atomic E-state index is -0.677. The third-order valence-electron chi connectivity index (χ3n) is 3.91. The molecule has 0 saturated heterocycles. The van der Waals surface area contributed by atoms with Crippen molar-refractivity contribution >= 4 is 18.3 Å². The predicted molar refractivity (Wildman–Crippen MR) is 105 cm³/mol. The number of amides is 2. The molecule has 0 aliphatic heterocycles. The van der Waals surface area contributed by atoms with Crippen LogP contribution in [0, 0.1) is 5.92 Å². The lowest BCUT2D eigenvalue weighted by Gasteiger charge is -2.31. The predicted octanol–water partition coefficient (Wildman–Crippen LogP) is 4.54. The third kappa shape index (κ3) is 6.47. The van der Waals surface area contributed by atoms with Crippen molar-refractivity contribution in [2.75, 3.05) is 0 Å². The lowest BCUT2D eigenvalue weighted by molar-refractivity contribution is 0.0290. The van der Waals surface area contributed by atoms with E-state index in [1.54, 1.807) is 27.7 Å². The molecule has 0 fully saturated rings. The second-order valence-electron chi connectivity index (χ2n) is 6.95. The van der Waals surface area contributed by atoms with Crippen molar-refractivity contribution in [2.45, 2.75) is 52.4 Å². The summed E-state index contributed by atoms with van der Waals surface area (Å²) in [6, 6.07) is 9.63. The number of nitrogens with zero attached hydrogens (tertiary/aromatic N) is 1. The van der Waals surface area contributed by atoms with Crippen molar-refractivity contribution in [2.24, 2.45) is 5.92 Å². The van der Waals surface area contributed by atoms with Gasteiger partial charge in [0.2, 0.25) is 0 Å². The summed E-state index contributed by atoms with van der Waals surface area (Å²) in [5, 5.41) is 1.24. The van der Waals surface area contributed by atoms with E-state index in [4.69, 9.17) is 9.47 Å². The van der Waals surface area contributed by atoms with E-state index < -0.39 is 12.2 Å². The molecule has 0 radical (unpaired) electrons. The maximum atomic E-state index is 12.6. The van der Waals surface area contributed by atoms with Crippen LogP contribution in [-0.4, -0.2) is 35.4 Å². The highest BCUT2D eigenvalue weighted by Gasteiger charge is 2.34. The average Bonchev–Trinajstić information content (AvgIpc) is 3.05. The lowest BCUT2D eigenvalue weighted by Crippen LogP contribution is -2.54. The fourth-order valence-corrected chi connectivity index (χ4v) is 2.78. The lowest BCUT2D eigenvalue weighted by atomic mass is 10.0. The van der Waals surface area contributed by atoms with E-state index in [9.17, 15) is 9.59 Å². The molecule has 1 N–H and O–H groups in total. The fraction of sp³-hybridized carbons (Fsp3) is 0.429. The average molecular weight is 372 g/mol. The first-order valence-electron chi connectivity index (χ1n) is 9.24. The Morgan fingerprint density at radius 2 is 1.78 bits per heavy atom. The van der Waals surface area contributed by atoms with Gasteiger partial charge in [0, 0.05) is 5.92 Å². The molecule has 6 nitrogen and oxygen atoms in total. The van der Waals surface area contributed by atoms with Crippen molar-refractivity contribution in [3.8, 4) is 0 Å². The van der Waals surface area contributed by atoms with Gasteiger partial charge in [0.1, 0.15) is 0 Å². The Morgan fingerprint density at radius 3 is 2.41 bits per heavy atom. The van der Waals surface area contributed by atoms with Crippen LogP contribution >= 0.6 is 0 Å². The van der Waals surface area contributed by atoms with Gasteiger partial charge in [-0.1, -0.05) is 54.6 Å². The summed E-state index contributed by atoms with van der Waals surface area (Å²) < 4.78 is 10.4. The summed E-state index contributed by atoms with van der Waals surface area (Å²) >= 11 is 0. The van der Waals surface area contributed by atoms with Crippen LogP contribution in [0.4, 0.5) is 9.59 Å². The Morgan fingerprint density at radius 1 is 1.11 bits per heavy atom. The van der Waals surface area contributed by atoms with Crippen molar-refractivity contribution in [3.05, 3.63) is 54.1 Å². The van der Waals surface area contributed by atoms with Crippen LogP contribution in [-0.2, 0) is 9.47 Å². The molecule has 27 heavy (non-hydrogen) atoms. The highest BCUT2D eigenvalue weighted by molar-refractivity contribution is 5.74. The first kappa shape index (κ1) is 20.6. The standard InChI is InChI=1S/C21H28N2O4/c1-15(2)26-20(24)22-23(21(25)27-16(3)4)19-12-8-11-18(19)14-13-17-9-6-5-7-10-17/h5-11,13-16,18-19H,12H2,1-4H3,(H,22,24)/b14-13+/t18-,19+/m0/s1. The summed E-state index contributed by atoms with van der Waals surface area (Å²) in [7, 11) is 0. The molecule has 1 aromatic carbocycles. The largest absolute Gasteiger partial charge is 0.446 e. The van der Waals surface area contributed by atoms with Crippen molar-refractivity contribution in [3.63, 3.8) is 0 Å². The number of carbonyl (C=O) groups is 2. The van der Waals surface area contributed by atoms with Crippen molar-refractivity contribution < 1.29 is 19.1 Å². The molecule has 2 rings (SSSR count). The highest BCUT2D eigenvalue weighted by Crippen LogP contribution is 2.26. The van der Waals surface area contributed by atoms with Crippen LogP contribution < -0.4 is 5.43 Å². The number of ether oxygens (including phenoxy) is 2. The third-order valence-corrected chi connectivity index (χ3v) is 3.91. The van der Waals surface area contributed by atoms with E-state index in [1.807, 2.05) is 54.6 Å². The summed E-state index contributed by atoms with van der Waals surface area (Å²) in [5.74, 6) is -0.0516. The maximum absolute atomic E-state index is 12.6. The van der Waals surface area contributed by atoms with Crippen LogP contribution in [0.3, 0.4) is 0 Å². The number of hydrogen-bond acceptors (Lipinski definition) is 4. The number of nitrogens with one attached hydrogen (secondary N) is 1. The van der Waals surface area contributed by atoms with E-state index in [0.717, 1.165) is 5.56 Å². The van der Waals surface area contributed by atoms with Crippen LogP contribution in [0.5, 0.6) is 0 Å². The minimum Gasteiger partial charge on any atom is -0.446 e. The van der Waals surface area contributed by atoms with Gasteiger partial charge in [-0.25, -0.2) is 20.0 Å². The van der Waals surface area contributed by atoms with Gasteiger partial charge in [0.05, 0.1) is 18.2 Å². The highest BCUT2D eigenvalue weighted by atomic mass is 16.6. The second kappa shape index (κ2) is 9.80. The van der Waals surface area contributed by atoms with Crippen LogP contribution in [0.2, 0.25) is 0 Å². The molecule has 1 aliphatic carbocycles. The summed E-state index contributed by atoms with van der Waals surface area (Å²) in [5.41, 5.74) is 3.62. The molecular formula is C21H28N2O4. The van der Waals surface area contributed by atoms with E-state index in [0.29, 0.717) is 6.42 Å². The van der Waals surface area contributed by atoms with Gasteiger partial charge in [0.25, 0.3) is 0 Å². The van der Waals surface area contributed by atoms with Gasteiger partial charge < -0.3 is 9.47 Å². The molecule has 0 spiro atoms. The first-order chi connectivity index (χ1) is 12.9. The van der Waals surface area contributed by atoms with E-state index >= 15 is 0 Å². The molecule has 0 aromatic heterocycles. The number of carbonyl (C=O) groups excluding carboxylic acids is 2. The van der Waals surface area contributed by atoms with E-state index in [2.05, 4.69) is 5.43 Å². The number of hydrogen-bond donors (Lipinski definition) is 1. The molecule has 0 unspecified atom stereocenters. The summed E-state index contributed by atoms with van der Waals surface area (Å²) in [4.78, 5) is 24.6. The van der Waals surface area contributed by atoms with Crippen molar-refractivity contribution in [1.82, 2.24) is 10.4 Å². The van der Waals surface area contributed by atoms with E-state index in [-0.39, 0.29) is 24.2 Å². The van der Waals surface area contributed by atoms with Gasteiger partial charge in [-0.3, -0.25) is 0 Å². The molecule has 2 amide bonds. The smallest absolute Gasteiger partial charge is 0.429 e. The SMILES string of the molecule is CC(C)OC(=O)NN(C(=O)OC(C)C)[C@@H]1CC=C[C@H]1/C=C/c1ccccc1. The van der Waals surface area contributed by atoms with Gasteiger partial charge in [-0.05, 0) is 39.7 Å². The van der Waals surface area contributed by atoms with Crippen LogP contribution in [0.25, 0.3) is 6.08 Å². The van der Waals surface area contributed by atoms with Crippen LogP contribution in [0.15, 0.2) is 48.6 Å². The molecule has 2 atom stereocenters. The Hall–Kier alpha value is -2.76. The quantitative estimate of drug-likeness (QED) is 0.608. The van der Waals surface area contributed by atoms with E-state index in [1.165, 1.54) is 5.01 Å². The Balaban J connectivity index is 2.15. The monoisotopic (exact) mass is 372 g/mol. The molecular weight excluding hydrogens is 344 g/mol. The molecule has 0 saturated carbocycles. The Kier molecular flexibility index (Phi) is 7.46. The van der Waals surface area contributed by atoms with Crippen LogP contribution in [0.1, 0.15) is 39.7 Å². The molecule has 146 valence electrons. The first-order valence-corrected chi connectivity index (χ1v) is 9.24. The zero-order valence-corrected chi connectivity index (χ0v) is 16.3. The topological polar surface area (TPSA) is 67.9 Å². The van der Waals surface area contributed by atoms with Gasteiger partial charge in [0.15, 0.2) is 0 Å². The molecule has 6 heteroatoms. The zero-order chi connectivity index (χ0) is 19.8. The maximum Gasteiger partial charge on any atom is 0.429 e. The van der Waals surface area contributed by atoms with Gasteiger partial charge in [-0.2, -0.15) is 0 Å². The van der Waals surface area contributed by atoms with Gasteiger partial charge >= 0.3 is 12.2 Å². The van der Waals surface area contributed by atoms with Crippen molar-refractivity contribution in [1.29, 1.82) is 0 Å². The zero-order valence-electron chi connectivity index (χ0n) is 16.3. The molecule has 1 aliphatic rings. The summed E-state index contributed by atoms with van der Waals surface area (Å²) in [6.45, 7) is 7.03.